The number of anilines is 2. The smallest absolute Gasteiger partial charge is 0.325 e. The van der Waals surface area contributed by atoms with Gasteiger partial charge >= 0.3 is 6.03 Å². The minimum absolute atomic E-state index is 0.279. The van der Waals surface area contributed by atoms with E-state index < -0.39 is 6.03 Å². The number of amides is 2. The third kappa shape index (κ3) is 5.17. The van der Waals surface area contributed by atoms with Gasteiger partial charge in [0, 0.05) is 10.2 Å². The molecule has 3 aromatic rings. The van der Waals surface area contributed by atoms with E-state index in [1.54, 1.807) is 31.4 Å². The summed E-state index contributed by atoms with van der Waals surface area (Å²) in [5.74, 6) is 1.45. The first-order valence-electron chi connectivity index (χ1n) is 7.55. The summed E-state index contributed by atoms with van der Waals surface area (Å²) in [4.78, 5) is 12.0. The van der Waals surface area contributed by atoms with Crippen molar-refractivity contribution in [3.05, 3.63) is 58.0 Å². The molecule has 0 saturated heterocycles. The van der Waals surface area contributed by atoms with Gasteiger partial charge in [-0.3, -0.25) is 5.32 Å². The molecular formula is C17H15BrN4O3S. The highest BCUT2D eigenvalue weighted by Crippen LogP contribution is 2.20. The highest BCUT2D eigenvalue weighted by molar-refractivity contribution is 9.10. The molecule has 7 nitrogen and oxygen atoms in total. The molecule has 134 valence electrons. The Labute approximate surface area is 162 Å². The van der Waals surface area contributed by atoms with Crippen molar-refractivity contribution in [1.82, 2.24) is 10.2 Å². The Kier molecular flexibility index (Phi) is 6.03. The summed E-state index contributed by atoms with van der Waals surface area (Å²) in [6, 6.07) is 14.1. The zero-order chi connectivity index (χ0) is 18.4. The molecular weight excluding hydrogens is 420 g/mol. The molecule has 9 heteroatoms. The largest absolute Gasteiger partial charge is 0.497 e. The van der Waals surface area contributed by atoms with E-state index in [0.29, 0.717) is 15.8 Å². The molecule has 0 spiro atoms. The van der Waals surface area contributed by atoms with Gasteiger partial charge in [-0.05, 0) is 48.5 Å². The molecule has 0 radical (unpaired) electrons. The lowest BCUT2D eigenvalue weighted by atomic mass is 10.3. The summed E-state index contributed by atoms with van der Waals surface area (Å²) in [6.45, 7) is 0.279. The number of benzene rings is 2. The summed E-state index contributed by atoms with van der Waals surface area (Å²) >= 11 is 4.62. The van der Waals surface area contributed by atoms with Gasteiger partial charge in [-0.1, -0.05) is 27.3 Å². The Hall–Kier alpha value is -2.65. The Balaban J connectivity index is 1.50. The SMILES string of the molecule is COc1ccc(NC(=O)Nc2nnc(COc3ccc(Br)cc3)s2)cc1. The average Bonchev–Trinajstić information content (AvgIpc) is 3.09. The summed E-state index contributed by atoms with van der Waals surface area (Å²) in [5.41, 5.74) is 0.645. The van der Waals surface area contributed by atoms with Crippen LogP contribution in [0.15, 0.2) is 53.0 Å². The van der Waals surface area contributed by atoms with Gasteiger partial charge in [-0.25, -0.2) is 4.79 Å². The molecule has 0 aliphatic rings. The number of carbonyl (C=O) groups excluding carboxylic acids is 1. The van der Waals surface area contributed by atoms with Gasteiger partial charge < -0.3 is 14.8 Å². The topological polar surface area (TPSA) is 85.4 Å². The third-order valence-electron chi connectivity index (χ3n) is 3.21. The molecule has 0 saturated carbocycles. The number of hydrogen-bond donors (Lipinski definition) is 2. The summed E-state index contributed by atoms with van der Waals surface area (Å²) < 4.78 is 11.7. The number of carbonyl (C=O) groups is 1. The van der Waals surface area contributed by atoms with Crippen LogP contribution in [-0.4, -0.2) is 23.3 Å². The van der Waals surface area contributed by atoms with Crippen molar-refractivity contribution in [2.24, 2.45) is 0 Å². The van der Waals surface area contributed by atoms with E-state index in [9.17, 15) is 4.79 Å². The molecule has 26 heavy (non-hydrogen) atoms. The molecule has 1 heterocycles. The molecule has 0 aliphatic carbocycles. The first-order chi connectivity index (χ1) is 12.6. The van der Waals surface area contributed by atoms with Crippen molar-refractivity contribution in [2.45, 2.75) is 6.61 Å². The van der Waals surface area contributed by atoms with Crippen LogP contribution in [0.25, 0.3) is 0 Å². The van der Waals surface area contributed by atoms with Crippen molar-refractivity contribution in [2.75, 3.05) is 17.7 Å². The second kappa shape index (κ2) is 8.63. The molecule has 0 fully saturated rings. The molecule has 0 atom stereocenters. The van der Waals surface area contributed by atoms with Crippen LogP contribution in [0.1, 0.15) is 5.01 Å². The fourth-order valence-electron chi connectivity index (χ4n) is 1.97. The Morgan fingerprint density at radius 3 is 2.42 bits per heavy atom. The van der Waals surface area contributed by atoms with Gasteiger partial charge in [0.1, 0.15) is 18.1 Å². The fourth-order valence-corrected chi connectivity index (χ4v) is 2.88. The number of hydrogen-bond acceptors (Lipinski definition) is 6. The van der Waals surface area contributed by atoms with Crippen molar-refractivity contribution in [1.29, 1.82) is 0 Å². The molecule has 0 bridgehead atoms. The summed E-state index contributed by atoms with van der Waals surface area (Å²) in [5, 5.41) is 14.4. The summed E-state index contributed by atoms with van der Waals surface area (Å²) in [6.07, 6.45) is 0. The van der Waals surface area contributed by atoms with Crippen LogP contribution < -0.4 is 20.1 Å². The zero-order valence-corrected chi connectivity index (χ0v) is 16.1. The zero-order valence-electron chi connectivity index (χ0n) is 13.7. The minimum Gasteiger partial charge on any atom is -0.497 e. The number of nitrogens with zero attached hydrogens (tertiary/aromatic N) is 2. The molecule has 2 amide bonds. The van der Waals surface area contributed by atoms with E-state index in [1.807, 2.05) is 24.3 Å². The number of nitrogens with one attached hydrogen (secondary N) is 2. The van der Waals surface area contributed by atoms with E-state index in [-0.39, 0.29) is 6.61 Å². The van der Waals surface area contributed by atoms with E-state index in [2.05, 4.69) is 36.8 Å². The molecule has 2 N–H and O–H groups in total. The predicted molar refractivity (Wildman–Crippen MR) is 104 cm³/mol. The van der Waals surface area contributed by atoms with Crippen LogP contribution in [0.3, 0.4) is 0 Å². The van der Waals surface area contributed by atoms with Crippen LogP contribution in [0, 0.1) is 0 Å². The first-order valence-corrected chi connectivity index (χ1v) is 9.16. The van der Waals surface area contributed by atoms with Crippen LogP contribution in [0.2, 0.25) is 0 Å². The lowest BCUT2D eigenvalue weighted by Crippen LogP contribution is -2.19. The van der Waals surface area contributed by atoms with Crippen LogP contribution in [0.4, 0.5) is 15.6 Å². The monoisotopic (exact) mass is 434 g/mol. The molecule has 0 aliphatic heterocycles. The molecule has 1 aromatic heterocycles. The van der Waals surface area contributed by atoms with Gasteiger partial charge in [-0.2, -0.15) is 0 Å². The standard InChI is InChI=1S/C17H15BrN4O3S/c1-24-13-8-4-12(5-9-13)19-16(23)20-17-22-21-15(26-17)10-25-14-6-2-11(18)3-7-14/h2-9H,10H2,1H3,(H2,19,20,22,23). The quantitative estimate of drug-likeness (QED) is 0.594. The number of ether oxygens (including phenoxy) is 2. The lowest BCUT2D eigenvalue weighted by Gasteiger charge is -2.06. The molecule has 3 rings (SSSR count). The van der Waals surface area contributed by atoms with E-state index >= 15 is 0 Å². The third-order valence-corrected chi connectivity index (χ3v) is 4.55. The predicted octanol–water partition coefficient (Wildman–Crippen LogP) is 4.53. The van der Waals surface area contributed by atoms with E-state index in [4.69, 9.17) is 9.47 Å². The molecule has 2 aromatic carbocycles. The van der Waals surface area contributed by atoms with Crippen LogP contribution >= 0.6 is 27.3 Å². The van der Waals surface area contributed by atoms with Crippen molar-refractivity contribution >= 4 is 44.1 Å². The maximum absolute atomic E-state index is 12.0. The van der Waals surface area contributed by atoms with Crippen molar-refractivity contribution < 1.29 is 14.3 Å². The number of halogens is 1. The summed E-state index contributed by atoms with van der Waals surface area (Å²) in [7, 11) is 1.59. The average molecular weight is 435 g/mol. The van der Waals surface area contributed by atoms with Crippen LogP contribution in [-0.2, 0) is 6.61 Å². The maximum Gasteiger partial charge on any atom is 0.325 e. The maximum atomic E-state index is 12.0. The lowest BCUT2D eigenvalue weighted by molar-refractivity contribution is 0.262. The normalized spacial score (nSPS) is 10.2. The number of methoxy groups -OCH3 is 1. The Morgan fingerprint density at radius 2 is 1.73 bits per heavy atom. The highest BCUT2D eigenvalue weighted by atomic mass is 79.9. The van der Waals surface area contributed by atoms with Gasteiger partial charge in [0.05, 0.1) is 7.11 Å². The number of aromatic nitrogens is 2. The van der Waals surface area contributed by atoms with E-state index in [0.717, 1.165) is 16.0 Å². The molecule has 0 unspecified atom stereocenters. The van der Waals surface area contributed by atoms with Gasteiger partial charge in [0.25, 0.3) is 0 Å². The number of urea groups is 1. The minimum atomic E-state index is -0.397. The van der Waals surface area contributed by atoms with Crippen molar-refractivity contribution in [3.63, 3.8) is 0 Å². The Bertz CT molecular complexity index is 868. The fraction of sp³-hybridized carbons (Fsp3) is 0.118. The Morgan fingerprint density at radius 1 is 1.04 bits per heavy atom. The van der Waals surface area contributed by atoms with Gasteiger partial charge in [0.15, 0.2) is 5.01 Å². The second-order valence-electron chi connectivity index (χ2n) is 5.05. The van der Waals surface area contributed by atoms with Crippen molar-refractivity contribution in [3.8, 4) is 11.5 Å². The first kappa shape index (κ1) is 18.2. The van der Waals surface area contributed by atoms with E-state index in [1.165, 1.54) is 11.3 Å². The highest BCUT2D eigenvalue weighted by Gasteiger charge is 2.09. The van der Waals surface area contributed by atoms with Gasteiger partial charge in [0.2, 0.25) is 5.13 Å². The van der Waals surface area contributed by atoms with Gasteiger partial charge in [-0.15, -0.1) is 10.2 Å². The number of rotatable bonds is 6. The second-order valence-corrected chi connectivity index (χ2v) is 7.03. The van der Waals surface area contributed by atoms with Crippen LogP contribution in [0.5, 0.6) is 11.5 Å².